The number of amides is 1. The fourth-order valence-electron chi connectivity index (χ4n) is 4.18. The van der Waals surface area contributed by atoms with E-state index in [9.17, 15) is 9.59 Å². The second-order valence-corrected chi connectivity index (χ2v) is 7.74. The van der Waals surface area contributed by atoms with Crippen LogP contribution in [0.25, 0.3) is 10.9 Å². The average molecular weight is 355 g/mol. The zero-order valence-electron chi connectivity index (χ0n) is 15.4. The molecule has 1 spiro atoms. The highest BCUT2D eigenvalue weighted by Gasteiger charge is 2.44. The first-order valence-corrected chi connectivity index (χ1v) is 9.23. The Morgan fingerprint density at radius 1 is 1.19 bits per heavy atom. The Morgan fingerprint density at radius 2 is 2.04 bits per heavy atom. The predicted molar refractivity (Wildman–Crippen MR) is 100 cm³/mol. The Balaban J connectivity index is 1.50. The molecular formula is C20H25N3O3. The number of carbonyl (C=O) groups is 1. The third-order valence-electron chi connectivity index (χ3n) is 5.57. The third kappa shape index (κ3) is 3.21. The molecule has 0 saturated carbocycles. The van der Waals surface area contributed by atoms with Crippen LogP contribution in [0.1, 0.15) is 30.5 Å². The Labute approximate surface area is 152 Å². The van der Waals surface area contributed by atoms with E-state index in [4.69, 9.17) is 4.74 Å². The summed E-state index contributed by atoms with van der Waals surface area (Å²) < 4.78 is 5.67. The lowest BCUT2D eigenvalue weighted by atomic mass is 9.95. The Morgan fingerprint density at radius 3 is 2.81 bits per heavy atom. The molecule has 1 amide bonds. The molecule has 26 heavy (non-hydrogen) atoms. The van der Waals surface area contributed by atoms with Gasteiger partial charge in [0.25, 0.3) is 0 Å². The van der Waals surface area contributed by atoms with Crippen LogP contribution in [-0.4, -0.2) is 53.2 Å². The number of aromatic nitrogens is 1. The van der Waals surface area contributed by atoms with E-state index >= 15 is 0 Å². The lowest BCUT2D eigenvalue weighted by Crippen LogP contribution is -2.35. The van der Waals surface area contributed by atoms with Crippen molar-refractivity contribution in [2.45, 2.75) is 38.3 Å². The number of aryl methyl sites for hydroxylation is 1. The number of hydrogen-bond donors (Lipinski definition) is 1. The molecule has 2 aromatic rings. The molecule has 6 heteroatoms. The van der Waals surface area contributed by atoms with Gasteiger partial charge in [0.2, 0.25) is 0 Å². The van der Waals surface area contributed by atoms with Crippen molar-refractivity contribution >= 4 is 17.0 Å². The van der Waals surface area contributed by atoms with Gasteiger partial charge in [-0.2, -0.15) is 0 Å². The van der Waals surface area contributed by atoms with Crippen LogP contribution >= 0.6 is 0 Å². The molecule has 1 N–H and O–H groups in total. The van der Waals surface area contributed by atoms with Crippen LogP contribution in [0.4, 0.5) is 4.79 Å². The molecule has 0 bridgehead atoms. The van der Waals surface area contributed by atoms with E-state index in [0.717, 1.165) is 54.5 Å². The predicted octanol–water partition coefficient (Wildman–Crippen LogP) is 2.64. The van der Waals surface area contributed by atoms with Crippen molar-refractivity contribution in [1.29, 1.82) is 0 Å². The highest BCUT2D eigenvalue weighted by Crippen LogP contribution is 2.32. The van der Waals surface area contributed by atoms with E-state index in [1.165, 1.54) is 0 Å². The van der Waals surface area contributed by atoms with Crippen molar-refractivity contribution in [3.8, 4) is 0 Å². The van der Waals surface area contributed by atoms with E-state index < -0.39 is 0 Å². The number of fused-ring (bicyclic) bond motifs is 1. The lowest BCUT2D eigenvalue weighted by Gasteiger charge is -2.25. The number of ether oxygens (including phenoxy) is 1. The number of likely N-dealkylation sites (tertiary alicyclic amines) is 1. The number of nitrogens with zero attached hydrogens (tertiary/aromatic N) is 2. The van der Waals surface area contributed by atoms with Crippen LogP contribution in [0, 0.1) is 6.92 Å². The second kappa shape index (κ2) is 6.43. The zero-order chi connectivity index (χ0) is 18.3. The monoisotopic (exact) mass is 355 g/mol. The summed E-state index contributed by atoms with van der Waals surface area (Å²) in [4.78, 5) is 31.6. The van der Waals surface area contributed by atoms with Crippen LogP contribution in [-0.2, 0) is 11.3 Å². The average Bonchev–Trinajstić information content (AvgIpc) is 2.75. The number of likely N-dealkylation sites (N-methyl/N-ethyl adjacent to an activating group) is 1. The maximum atomic E-state index is 12.4. The number of carbonyl (C=O) groups excluding carboxylic acids is 1. The molecule has 2 aliphatic rings. The molecule has 2 aliphatic heterocycles. The first-order valence-electron chi connectivity index (χ1n) is 9.23. The van der Waals surface area contributed by atoms with Crippen LogP contribution in [0.2, 0.25) is 0 Å². The van der Waals surface area contributed by atoms with Gasteiger partial charge in [-0.3, -0.25) is 9.69 Å². The minimum Gasteiger partial charge on any atom is -0.441 e. The Hall–Kier alpha value is -2.34. The Bertz CT molecular complexity index is 907. The van der Waals surface area contributed by atoms with Crippen LogP contribution in [0.3, 0.4) is 0 Å². The summed E-state index contributed by atoms with van der Waals surface area (Å²) in [6, 6.07) is 7.63. The lowest BCUT2D eigenvalue weighted by molar-refractivity contribution is 0.0442. The summed E-state index contributed by atoms with van der Waals surface area (Å²) in [5.41, 5.74) is 2.63. The van der Waals surface area contributed by atoms with Crippen molar-refractivity contribution in [3.63, 3.8) is 0 Å². The van der Waals surface area contributed by atoms with Gasteiger partial charge < -0.3 is 14.6 Å². The first kappa shape index (κ1) is 17.1. The van der Waals surface area contributed by atoms with Crippen molar-refractivity contribution in [3.05, 3.63) is 45.7 Å². The zero-order valence-corrected chi connectivity index (χ0v) is 15.4. The van der Waals surface area contributed by atoms with Gasteiger partial charge in [0.1, 0.15) is 5.60 Å². The minimum absolute atomic E-state index is 0.0649. The fraction of sp³-hybridized carbons (Fsp3) is 0.500. The van der Waals surface area contributed by atoms with Gasteiger partial charge in [-0.25, -0.2) is 4.79 Å². The molecule has 2 saturated heterocycles. The molecule has 3 heterocycles. The molecule has 1 aromatic heterocycles. The number of hydrogen-bond acceptors (Lipinski definition) is 4. The smallest absolute Gasteiger partial charge is 0.410 e. The topological polar surface area (TPSA) is 65.6 Å². The van der Waals surface area contributed by atoms with E-state index in [-0.39, 0.29) is 17.1 Å². The summed E-state index contributed by atoms with van der Waals surface area (Å²) in [6.07, 6.45) is 2.50. The molecule has 1 aromatic carbocycles. The molecule has 0 aliphatic carbocycles. The molecular weight excluding hydrogens is 330 g/mol. The normalized spacial score (nSPS) is 24.2. The van der Waals surface area contributed by atoms with Gasteiger partial charge in [0, 0.05) is 49.2 Å². The minimum atomic E-state index is -0.338. The summed E-state index contributed by atoms with van der Waals surface area (Å²) in [6.45, 7) is 5.17. The van der Waals surface area contributed by atoms with Gasteiger partial charge in [-0.15, -0.1) is 0 Å². The van der Waals surface area contributed by atoms with Crippen molar-refractivity contribution in [1.82, 2.24) is 14.8 Å². The molecule has 6 nitrogen and oxygen atoms in total. The largest absolute Gasteiger partial charge is 0.441 e. The molecule has 1 atom stereocenters. The number of aromatic amines is 1. The molecule has 138 valence electrons. The number of rotatable bonds is 2. The van der Waals surface area contributed by atoms with E-state index in [0.29, 0.717) is 13.1 Å². The van der Waals surface area contributed by atoms with Gasteiger partial charge in [0.15, 0.2) is 5.43 Å². The van der Waals surface area contributed by atoms with Crippen LogP contribution < -0.4 is 5.43 Å². The quantitative estimate of drug-likeness (QED) is 0.899. The summed E-state index contributed by atoms with van der Waals surface area (Å²) in [5, 5.41) is 0.740. The number of nitrogens with one attached hydrogen (secondary N) is 1. The Kier molecular flexibility index (Phi) is 4.23. The van der Waals surface area contributed by atoms with Gasteiger partial charge in [-0.05, 0) is 38.4 Å². The van der Waals surface area contributed by atoms with Crippen LogP contribution in [0.15, 0.2) is 29.1 Å². The maximum Gasteiger partial charge on any atom is 0.410 e. The van der Waals surface area contributed by atoms with Crippen LogP contribution in [0.5, 0.6) is 0 Å². The van der Waals surface area contributed by atoms with Gasteiger partial charge >= 0.3 is 6.09 Å². The summed E-state index contributed by atoms with van der Waals surface area (Å²) in [5.74, 6) is 0. The highest BCUT2D eigenvalue weighted by molar-refractivity contribution is 5.79. The van der Waals surface area contributed by atoms with Crippen molar-refractivity contribution in [2.75, 3.05) is 26.7 Å². The SMILES string of the molecule is Cc1ccc2[nH]c(CN3CCC[C@]4(CC3)CN(C)C(=O)O4)cc(=O)c2c1. The highest BCUT2D eigenvalue weighted by atomic mass is 16.6. The van der Waals surface area contributed by atoms with Crippen molar-refractivity contribution < 1.29 is 9.53 Å². The molecule has 4 rings (SSSR count). The van der Waals surface area contributed by atoms with Gasteiger partial charge in [-0.1, -0.05) is 11.6 Å². The number of H-pyrrole nitrogens is 1. The third-order valence-corrected chi connectivity index (χ3v) is 5.57. The number of benzene rings is 1. The number of pyridine rings is 1. The van der Waals surface area contributed by atoms with E-state index in [1.54, 1.807) is 18.0 Å². The van der Waals surface area contributed by atoms with Gasteiger partial charge in [0.05, 0.1) is 6.54 Å². The fourth-order valence-corrected chi connectivity index (χ4v) is 4.18. The van der Waals surface area contributed by atoms with Crippen molar-refractivity contribution in [2.24, 2.45) is 0 Å². The molecule has 0 radical (unpaired) electrons. The summed E-state index contributed by atoms with van der Waals surface area (Å²) >= 11 is 0. The summed E-state index contributed by atoms with van der Waals surface area (Å²) in [7, 11) is 1.79. The standard InChI is InChI=1S/C20H25N3O3/c1-14-4-5-17-16(10-14)18(24)11-15(21-17)12-23-8-3-6-20(7-9-23)13-22(2)19(25)26-20/h4-5,10-11H,3,6-9,12-13H2,1-2H3,(H,21,24)/t20-/m0/s1. The van der Waals surface area contributed by atoms with E-state index in [2.05, 4.69) is 9.88 Å². The molecule has 2 fully saturated rings. The van der Waals surface area contributed by atoms with E-state index in [1.807, 2.05) is 25.1 Å². The maximum absolute atomic E-state index is 12.4. The molecule has 0 unspecified atom stereocenters. The first-order chi connectivity index (χ1) is 12.4. The second-order valence-electron chi connectivity index (χ2n) is 7.74.